The number of rotatable bonds is 4. The Kier molecular flexibility index (Phi) is 3.79. The maximum atomic E-state index is 11.5. The van der Waals surface area contributed by atoms with E-state index in [4.69, 9.17) is 4.55 Å². The highest BCUT2D eigenvalue weighted by Gasteiger charge is 2.15. The lowest BCUT2D eigenvalue weighted by atomic mass is 10.0. The van der Waals surface area contributed by atoms with Crippen molar-refractivity contribution in [2.45, 2.75) is 25.2 Å². The Morgan fingerprint density at radius 3 is 2.29 bits per heavy atom. The van der Waals surface area contributed by atoms with Gasteiger partial charge in [-0.2, -0.15) is 8.42 Å². The molecule has 0 bridgehead atoms. The van der Waals surface area contributed by atoms with Crippen molar-refractivity contribution in [2.75, 3.05) is 0 Å². The Bertz CT molecular complexity index is 572. The van der Waals surface area contributed by atoms with Gasteiger partial charge in [-0.15, -0.1) is 0 Å². The fourth-order valence-corrected chi connectivity index (χ4v) is 2.15. The molecule has 0 aliphatic rings. The third kappa shape index (κ3) is 3.47. The van der Waals surface area contributed by atoms with Crippen LogP contribution >= 0.6 is 0 Å². The first-order chi connectivity index (χ1) is 7.71. The first-order valence-electron chi connectivity index (χ1n) is 4.82. The van der Waals surface area contributed by atoms with Crippen LogP contribution in [0.25, 0.3) is 0 Å². The van der Waals surface area contributed by atoms with Crippen molar-refractivity contribution in [3.63, 3.8) is 0 Å². The van der Waals surface area contributed by atoms with E-state index in [0.29, 0.717) is 0 Å². The van der Waals surface area contributed by atoms with E-state index in [1.807, 2.05) is 0 Å². The largest absolute Gasteiger partial charge is 0.300 e. The second-order valence-electron chi connectivity index (χ2n) is 3.76. The quantitative estimate of drug-likeness (QED) is 0.499. The molecule has 1 aromatic carbocycles. The lowest BCUT2D eigenvalue weighted by Crippen LogP contribution is -2.07. The second kappa shape index (κ2) is 4.77. The highest BCUT2D eigenvalue weighted by atomic mass is 32.2. The third-order valence-electron chi connectivity index (χ3n) is 2.18. The molecule has 0 atom stereocenters. The highest BCUT2D eigenvalue weighted by Crippen LogP contribution is 2.17. The number of ketones is 2. The number of hydrogen-bond donors (Lipinski definition) is 1. The molecule has 0 amide bonds. The van der Waals surface area contributed by atoms with Crippen molar-refractivity contribution in [2.24, 2.45) is 0 Å². The van der Waals surface area contributed by atoms with Crippen molar-refractivity contribution >= 4 is 21.7 Å². The van der Waals surface area contributed by atoms with Gasteiger partial charge in [0.25, 0.3) is 10.1 Å². The lowest BCUT2D eigenvalue weighted by molar-refractivity contribution is -0.116. The number of carbonyl (C=O) groups is 2. The Balaban J connectivity index is 3.14. The summed E-state index contributed by atoms with van der Waals surface area (Å²) in [6, 6.07) is 3.77. The molecule has 1 aromatic rings. The molecule has 0 aliphatic carbocycles. The molecule has 1 rings (SSSR count). The molecule has 0 saturated carbocycles. The Morgan fingerprint density at radius 2 is 1.88 bits per heavy atom. The van der Waals surface area contributed by atoms with Crippen LogP contribution in [0.1, 0.15) is 29.3 Å². The summed E-state index contributed by atoms with van der Waals surface area (Å²) >= 11 is 0. The number of carbonyl (C=O) groups excluding carboxylic acids is 2. The van der Waals surface area contributed by atoms with Gasteiger partial charge in [-0.25, -0.2) is 0 Å². The Morgan fingerprint density at radius 1 is 1.29 bits per heavy atom. The van der Waals surface area contributed by atoms with Crippen molar-refractivity contribution in [3.8, 4) is 0 Å². The Hall–Kier alpha value is -1.53. The van der Waals surface area contributed by atoms with E-state index in [9.17, 15) is 18.0 Å². The first kappa shape index (κ1) is 13.5. The van der Waals surface area contributed by atoms with Gasteiger partial charge in [0.1, 0.15) is 5.78 Å². The van der Waals surface area contributed by atoms with Crippen molar-refractivity contribution in [3.05, 3.63) is 29.3 Å². The molecule has 17 heavy (non-hydrogen) atoms. The minimum atomic E-state index is -4.28. The van der Waals surface area contributed by atoms with Gasteiger partial charge in [-0.3, -0.25) is 14.1 Å². The summed E-state index contributed by atoms with van der Waals surface area (Å²) < 4.78 is 30.7. The van der Waals surface area contributed by atoms with E-state index in [-0.39, 0.29) is 34.0 Å². The minimum Gasteiger partial charge on any atom is -0.300 e. The molecule has 1 N–H and O–H groups in total. The van der Waals surface area contributed by atoms with Gasteiger partial charge in [-0.1, -0.05) is 0 Å². The van der Waals surface area contributed by atoms with E-state index in [0.717, 1.165) is 6.07 Å². The van der Waals surface area contributed by atoms with Crippen molar-refractivity contribution in [1.29, 1.82) is 0 Å². The van der Waals surface area contributed by atoms with E-state index in [1.165, 1.54) is 26.0 Å². The Labute approximate surface area is 99.2 Å². The average Bonchev–Trinajstić information content (AvgIpc) is 2.14. The predicted octanol–water partition coefficient (Wildman–Crippen LogP) is 1.40. The third-order valence-corrected chi connectivity index (χ3v) is 3.20. The van der Waals surface area contributed by atoms with Crippen LogP contribution in [0.2, 0.25) is 0 Å². The second-order valence-corrected chi connectivity index (χ2v) is 5.15. The van der Waals surface area contributed by atoms with Crippen LogP contribution in [0.15, 0.2) is 23.1 Å². The number of benzene rings is 1. The normalized spacial score (nSPS) is 11.2. The maximum Gasteiger partial charge on any atom is 0.294 e. The maximum absolute atomic E-state index is 11.5. The molecule has 0 radical (unpaired) electrons. The molecule has 0 heterocycles. The number of Topliss-reactive ketones (excluding diaryl/α,β-unsaturated/α-hetero) is 2. The van der Waals surface area contributed by atoms with E-state index < -0.39 is 10.1 Å². The monoisotopic (exact) mass is 256 g/mol. The molecule has 0 spiro atoms. The molecule has 6 heteroatoms. The smallest absolute Gasteiger partial charge is 0.294 e. The molecule has 0 fully saturated rings. The zero-order valence-corrected chi connectivity index (χ0v) is 10.2. The number of aryl methyl sites for hydroxylation is 1. The van der Waals surface area contributed by atoms with Crippen LogP contribution in [0, 0.1) is 6.92 Å². The molecule has 0 aliphatic heterocycles. The molecule has 5 nitrogen and oxygen atoms in total. The van der Waals surface area contributed by atoms with Crippen LogP contribution in [0.5, 0.6) is 0 Å². The summed E-state index contributed by atoms with van der Waals surface area (Å²) in [7, 11) is -4.28. The van der Waals surface area contributed by atoms with Gasteiger partial charge in [0.2, 0.25) is 0 Å². The van der Waals surface area contributed by atoms with Crippen LogP contribution in [0.3, 0.4) is 0 Å². The summed E-state index contributed by atoms with van der Waals surface area (Å²) in [5.41, 5.74) is 0.520. The van der Waals surface area contributed by atoms with Crippen LogP contribution in [0.4, 0.5) is 0 Å². The van der Waals surface area contributed by atoms with Gasteiger partial charge in [0.15, 0.2) is 5.78 Å². The van der Waals surface area contributed by atoms with Crippen LogP contribution < -0.4 is 0 Å². The zero-order chi connectivity index (χ0) is 13.2. The highest BCUT2D eigenvalue weighted by molar-refractivity contribution is 7.85. The lowest BCUT2D eigenvalue weighted by Gasteiger charge is -2.04. The summed E-state index contributed by atoms with van der Waals surface area (Å²) in [4.78, 5) is 22.1. The van der Waals surface area contributed by atoms with Crippen LogP contribution in [-0.2, 0) is 14.9 Å². The fraction of sp³-hybridized carbons (Fsp3) is 0.273. The van der Waals surface area contributed by atoms with Gasteiger partial charge in [-0.05, 0) is 37.6 Å². The molecule has 0 aromatic heterocycles. The van der Waals surface area contributed by atoms with Gasteiger partial charge in [0.05, 0.1) is 11.3 Å². The predicted molar refractivity (Wildman–Crippen MR) is 60.6 cm³/mol. The first-order valence-corrected chi connectivity index (χ1v) is 6.26. The summed E-state index contributed by atoms with van der Waals surface area (Å²) in [6.45, 7) is 2.77. The van der Waals surface area contributed by atoms with Crippen molar-refractivity contribution in [1.82, 2.24) is 0 Å². The van der Waals surface area contributed by atoms with Gasteiger partial charge < -0.3 is 0 Å². The van der Waals surface area contributed by atoms with E-state index in [1.54, 1.807) is 0 Å². The SMILES string of the molecule is CC(=O)CC(=O)c1ccc(S(=O)(=O)O)c(C)c1. The van der Waals surface area contributed by atoms with Crippen molar-refractivity contribution < 1.29 is 22.6 Å². The fourth-order valence-electron chi connectivity index (χ4n) is 1.44. The topological polar surface area (TPSA) is 88.5 Å². The minimum absolute atomic E-state index is 0.218. The standard InChI is InChI=1S/C11H12O5S/c1-7-5-9(10(13)6-8(2)12)3-4-11(7)17(14,15)16/h3-5H,6H2,1-2H3,(H,14,15,16). The summed E-state index contributed by atoms with van der Waals surface area (Å²) in [5.74, 6) is -0.631. The number of hydrogen-bond acceptors (Lipinski definition) is 4. The van der Waals surface area contributed by atoms with E-state index >= 15 is 0 Å². The van der Waals surface area contributed by atoms with Gasteiger partial charge in [0, 0.05) is 5.56 Å². The summed E-state index contributed by atoms with van der Waals surface area (Å²) in [5, 5.41) is 0. The molecular weight excluding hydrogens is 244 g/mol. The zero-order valence-electron chi connectivity index (χ0n) is 9.43. The van der Waals surface area contributed by atoms with E-state index in [2.05, 4.69) is 0 Å². The van der Waals surface area contributed by atoms with Gasteiger partial charge >= 0.3 is 0 Å². The molecular formula is C11H12O5S. The summed E-state index contributed by atoms with van der Waals surface area (Å²) in [6.07, 6.45) is -0.218. The molecule has 0 unspecified atom stereocenters. The molecule has 0 saturated heterocycles. The molecule has 92 valence electrons. The average molecular weight is 256 g/mol. The van der Waals surface area contributed by atoms with Crippen LogP contribution in [-0.4, -0.2) is 24.5 Å².